The van der Waals surface area contributed by atoms with Gasteiger partial charge < -0.3 is 4.18 Å². The summed E-state index contributed by atoms with van der Waals surface area (Å²) in [5, 5.41) is 0.950. The highest BCUT2D eigenvalue weighted by Crippen LogP contribution is 2.52. The Labute approximate surface area is 142 Å². The minimum atomic E-state index is -5.69. The monoisotopic (exact) mass is 369 g/mol. The predicted molar refractivity (Wildman–Crippen MR) is 85.1 cm³/mol. The van der Waals surface area contributed by atoms with Crippen LogP contribution >= 0.6 is 0 Å². The minimum Gasteiger partial charge on any atom is -0.380 e. The van der Waals surface area contributed by atoms with Gasteiger partial charge in [-0.1, -0.05) is 18.2 Å². The van der Waals surface area contributed by atoms with E-state index in [1.807, 2.05) is 30.3 Å². The van der Waals surface area contributed by atoms with Crippen molar-refractivity contribution in [3.8, 4) is 0 Å². The maximum Gasteiger partial charge on any atom is 0.534 e. The van der Waals surface area contributed by atoms with Crippen molar-refractivity contribution in [3.63, 3.8) is 0 Å². The smallest absolute Gasteiger partial charge is 0.380 e. The molecule has 0 saturated carbocycles. The molecule has 2 aromatic rings. The van der Waals surface area contributed by atoms with Crippen LogP contribution in [-0.2, 0) is 26.1 Å². The van der Waals surface area contributed by atoms with Gasteiger partial charge in [-0.05, 0) is 49.5 Å². The van der Waals surface area contributed by atoms with Gasteiger partial charge in [0.05, 0.1) is 16.6 Å². The van der Waals surface area contributed by atoms with E-state index in [9.17, 15) is 21.6 Å². The first-order valence-corrected chi connectivity index (χ1v) is 9.24. The summed E-state index contributed by atoms with van der Waals surface area (Å²) in [6, 6.07) is 9.44. The molecule has 0 aliphatic heterocycles. The van der Waals surface area contributed by atoms with Crippen LogP contribution in [0.2, 0.25) is 0 Å². The SMILES string of the molecule is O=S(=O)(OC1=CCCC12CCc1cc3ccccc3nc12)C(F)(F)F. The summed E-state index contributed by atoms with van der Waals surface area (Å²) in [4.78, 5) is 4.64. The largest absolute Gasteiger partial charge is 0.534 e. The molecule has 25 heavy (non-hydrogen) atoms. The summed E-state index contributed by atoms with van der Waals surface area (Å²) in [7, 11) is -5.69. The molecule has 0 bridgehead atoms. The van der Waals surface area contributed by atoms with Gasteiger partial charge in [0.2, 0.25) is 0 Å². The van der Waals surface area contributed by atoms with Crippen LogP contribution < -0.4 is 0 Å². The number of pyridine rings is 1. The van der Waals surface area contributed by atoms with E-state index in [1.165, 1.54) is 6.08 Å². The van der Waals surface area contributed by atoms with E-state index in [-0.39, 0.29) is 5.76 Å². The fourth-order valence-corrected chi connectivity index (χ4v) is 4.32. The molecule has 132 valence electrons. The quantitative estimate of drug-likeness (QED) is 0.594. The molecule has 4 nitrogen and oxygen atoms in total. The highest BCUT2D eigenvalue weighted by Gasteiger charge is 2.54. The van der Waals surface area contributed by atoms with Crippen LogP contribution in [0.1, 0.15) is 30.5 Å². The lowest BCUT2D eigenvalue weighted by molar-refractivity contribution is -0.0528. The molecular weight excluding hydrogens is 355 g/mol. The van der Waals surface area contributed by atoms with Gasteiger partial charge in [0.1, 0.15) is 5.76 Å². The topological polar surface area (TPSA) is 56.3 Å². The molecule has 0 radical (unpaired) electrons. The van der Waals surface area contributed by atoms with Crippen molar-refractivity contribution >= 4 is 21.0 Å². The third-order valence-electron chi connectivity index (χ3n) is 4.93. The van der Waals surface area contributed by atoms with Crippen molar-refractivity contribution < 1.29 is 25.8 Å². The van der Waals surface area contributed by atoms with Crippen molar-refractivity contribution in [1.82, 2.24) is 4.98 Å². The molecule has 0 saturated heterocycles. The van der Waals surface area contributed by atoms with Crippen molar-refractivity contribution in [2.24, 2.45) is 0 Å². The van der Waals surface area contributed by atoms with Gasteiger partial charge in [-0.2, -0.15) is 21.6 Å². The number of fused-ring (bicyclic) bond motifs is 3. The van der Waals surface area contributed by atoms with Crippen LogP contribution in [-0.4, -0.2) is 18.9 Å². The maximum absolute atomic E-state index is 12.7. The Bertz CT molecular complexity index is 998. The van der Waals surface area contributed by atoms with Crippen LogP contribution in [0.25, 0.3) is 10.9 Å². The highest BCUT2D eigenvalue weighted by molar-refractivity contribution is 7.87. The zero-order chi connectivity index (χ0) is 17.9. The first-order valence-electron chi connectivity index (χ1n) is 7.83. The molecule has 1 aromatic heterocycles. The lowest BCUT2D eigenvalue weighted by atomic mass is 9.83. The second-order valence-corrected chi connectivity index (χ2v) is 7.90. The maximum atomic E-state index is 12.7. The fraction of sp³-hybridized carbons (Fsp3) is 0.353. The number of aromatic nitrogens is 1. The van der Waals surface area contributed by atoms with Gasteiger partial charge in [-0.15, -0.1) is 0 Å². The van der Waals surface area contributed by atoms with Crippen molar-refractivity contribution in [1.29, 1.82) is 0 Å². The molecule has 4 rings (SSSR count). The summed E-state index contributed by atoms with van der Waals surface area (Å²) in [6.45, 7) is 0. The van der Waals surface area contributed by atoms with Crippen molar-refractivity contribution in [3.05, 3.63) is 53.4 Å². The van der Waals surface area contributed by atoms with Crippen LogP contribution in [0.3, 0.4) is 0 Å². The van der Waals surface area contributed by atoms with E-state index in [0.717, 1.165) is 16.5 Å². The number of benzene rings is 1. The second kappa shape index (κ2) is 5.20. The Morgan fingerprint density at radius 3 is 2.68 bits per heavy atom. The Morgan fingerprint density at radius 1 is 1.16 bits per heavy atom. The average Bonchev–Trinajstić information content (AvgIpc) is 3.10. The average molecular weight is 369 g/mol. The first-order chi connectivity index (χ1) is 11.7. The van der Waals surface area contributed by atoms with E-state index in [4.69, 9.17) is 0 Å². The zero-order valence-electron chi connectivity index (χ0n) is 13.0. The fourth-order valence-electron chi connectivity index (χ4n) is 3.76. The molecule has 0 amide bonds. The van der Waals surface area contributed by atoms with Gasteiger partial charge in [-0.25, -0.2) is 0 Å². The Morgan fingerprint density at radius 2 is 1.92 bits per heavy atom. The zero-order valence-corrected chi connectivity index (χ0v) is 13.8. The number of halogens is 3. The number of alkyl halides is 3. The lowest BCUT2D eigenvalue weighted by Gasteiger charge is -2.27. The van der Waals surface area contributed by atoms with Crippen LogP contribution in [0, 0.1) is 0 Å². The number of para-hydroxylation sites is 1. The summed E-state index contributed by atoms with van der Waals surface area (Å²) in [6.07, 6.45) is 3.50. The van der Waals surface area contributed by atoms with E-state index in [1.54, 1.807) is 0 Å². The minimum absolute atomic E-state index is 0.147. The molecule has 1 atom stereocenters. The van der Waals surface area contributed by atoms with Gasteiger partial charge in [0, 0.05) is 5.39 Å². The number of nitrogens with zero attached hydrogens (tertiary/aromatic N) is 1. The summed E-state index contributed by atoms with van der Waals surface area (Å²) >= 11 is 0. The second-order valence-electron chi connectivity index (χ2n) is 6.36. The Kier molecular flexibility index (Phi) is 3.41. The van der Waals surface area contributed by atoms with Crippen LogP contribution in [0.15, 0.2) is 42.2 Å². The van der Waals surface area contributed by atoms with Gasteiger partial charge in [0.15, 0.2) is 0 Å². The molecule has 2 aliphatic rings. The van der Waals surface area contributed by atoms with E-state index < -0.39 is 21.0 Å². The first kappa shape index (κ1) is 16.4. The van der Waals surface area contributed by atoms with E-state index >= 15 is 0 Å². The number of rotatable bonds is 2. The molecular formula is C17H14F3NO3S. The molecule has 0 N–H and O–H groups in total. The summed E-state index contributed by atoms with van der Waals surface area (Å²) in [5.41, 5.74) is -4.05. The Balaban J connectivity index is 1.80. The number of hydrogen-bond acceptors (Lipinski definition) is 4. The van der Waals surface area contributed by atoms with E-state index in [2.05, 4.69) is 9.17 Å². The van der Waals surface area contributed by atoms with Crippen LogP contribution in [0.5, 0.6) is 0 Å². The molecule has 1 heterocycles. The predicted octanol–water partition coefficient (Wildman–Crippen LogP) is 3.96. The summed E-state index contributed by atoms with van der Waals surface area (Å²) in [5.74, 6) is -0.147. The Hall–Kier alpha value is -2.09. The third-order valence-corrected chi connectivity index (χ3v) is 5.90. The molecule has 0 fully saturated rings. The van der Waals surface area contributed by atoms with Crippen LogP contribution in [0.4, 0.5) is 13.2 Å². The van der Waals surface area contributed by atoms with Gasteiger partial charge in [0.25, 0.3) is 0 Å². The number of hydrogen-bond donors (Lipinski definition) is 0. The molecule has 2 aliphatic carbocycles. The molecule has 8 heteroatoms. The lowest BCUT2D eigenvalue weighted by Crippen LogP contribution is -2.31. The van der Waals surface area contributed by atoms with Crippen molar-refractivity contribution in [2.45, 2.75) is 36.6 Å². The van der Waals surface area contributed by atoms with E-state index in [0.29, 0.717) is 31.4 Å². The normalized spacial score (nSPS) is 23.1. The molecule has 1 aromatic carbocycles. The highest BCUT2D eigenvalue weighted by atomic mass is 32.2. The number of allylic oxidation sites excluding steroid dienone is 2. The molecule has 1 spiro atoms. The molecule has 1 unspecified atom stereocenters. The summed E-state index contributed by atoms with van der Waals surface area (Å²) < 4.78 is 65.6. The van der Waals surface area contributed by atoms with Crippen molar-refractivity contribution in [2.75, 3.05) is 0 Å². The third kappa shape index (κ3) is 2.42. The number of aryl methyl sites for hydroxylation is 1. The standard InChI is InChI=1S/C17H14F3NO3S/c18-17(19,20)25(22,23)24-14-6-3-8-16(14)9-7-12-10-11-4-1-2-5-13(11)21-15(12)16/h1-2,4-6,10H,3,7-9H2. The van der Waals surface area contributed by atoms with Gasteiger partial charge >= 0.3 is 15.6 Å². The van der Waals surface area contributed by atoms with Gasteiger partial charge in [-0.3, -0.25) is 4.98 Å².